The molecule has 0 radical (unpaired) electrons. The Morgan fingerprint density at radius 2 is 2.07 bits per heavy atom. The number of aliphatic hydroxyl groups is 1. The van der Waals surface area contributed by atoms with Crippen LogP contribution in [0.25, 0.3) is 6.08 Å². The van der Waals surface area contributed by atoms with E-state index in [0.29, 0.717) is 12.5 Å². The van der Waals surface area contributed by atoms with Gasteiger partial charge in [0.25, 0.3) is 0 Å². The fraction of sp³-hybridized carbons (Fsp3) is 0.385. The molecule has 1 unspecified atom stereocenters. The lowest BCUT2D eigenvalue weighted by molar-refractivity contribution is 0.249. The summed E-state index contributed by atoms with van der Waals surface area (Å²) in [6.07, 6.45) is 5.76. The minimum absolute atomic E-state index is 0.304. The summed E-state index contributed by atoms with van der Waals surface area (Å²) in [6.45, 7) is 0.304. The third-order valence-electron chi connectivity index (χ3n) is 2.91. The molecule has 0 aliphatic heterocycles. The average molecular weight is 188 g/mol. The van der Waals surface area contributed by atoms with E-state index in [-0.39, 0.29) is 0 Å². The van der Waals surface area contributed by atoms with Gasteiger partial charge in [0, 0.05) is 12.5 Å². The predicted molar refractivity (Wildman–Crippen MR) is 58.8 cm³/mol. The molecule has 1 aliphatic carbocycles. The Bertz CT molecular complexity index is 313. The van der Waals surface area contributed by atoms with Crippen molar-refractivity contribution in [3.05, 3.63) is 41.5 Å². The Balaban J connectivity index is 2.18. The molecule has 74 valence electrons. The summed E-state index contributed by atoms with van der Waals surface area (Å²) in [5.74, 6) is 0.412. The van der Waals surface area contributed by atoms with Crippen molar-refractivity contribution >= 4 is 6.08 Å². The lowest BCUT2D eigenvalue weighted by Gasteiger charge is -2.07. The van der Waals surface area contributed by atoms with Crippen molar-refractivity contribution in [3.8, 4) is 0 Å². The van der Waals surface area contributed by atoms with Gasteiger partial charge in [0.05, 0.1) is 0 Å². The lowest BCUT2D eigenvalue weighted by Crippen LogP contribution is -2.01. The standard InChI is InChI=1S/C13H16O/c14-10-13-8-4-7-12(13)9-11-5-2-1-3-6-11/h1-3,5-6,9,13-14H,4,7-8,10H2/b12-9+. The highest BCUT2D eigenvalue weighted by Crippen LogP contribution is 2.31. The van der Waals surface area contributed by atoms with Crippen molar-refractivity contribution in [2.45, 2.75) is 19.3 Å². The highest BCUT2D eigenvalue weighted by atomic mass is 16.3. The van der Waals surface area contributed by atoms with Gasteiger partial charge >= 0.3 is 0 Å². The maximum atomic E-state index is 9.17. The van der Waals surface area contributed by atoms with Crippen LogP contribution in [0.4, 0.5) is 0 Å². The van der Waals surface area contributed by atoms with Crippen molar-refractivity contribution in [1.82, 2.24) is 0 Å². The van der Waals surface area contributed by atoms with Gasteiger partial charge in [0.2, 0.25) is 0 Å². The Kier molecular flexibility index (Phi) is 3.00. The van der Waals surface area contributed by atoms with Crippen LogP contribution in [0.2, 0.25) is 0 Å². The SMILES string of the molecule is OCC1CCC/C1=C\c1ccccc1. The van der Waals surface area contributed by atoms with Gasteiger partial charge in [0.1, 0.15) is 0 Å². The minimum Gasteiger partial charge on any atom is -0.396 e. The minimum atomic E-state index is 0.304. The summed E-state index contributed by atoms with van der Waals surface area (Å²) in [7, 11) is 0. The summed E-state index contributed by atoms with van der Waals surface area (Å²) in [5.41, 5.74) is 2.67. The highest BCUT2D eigenvalue weighted by molar-refractivity contribution is 5.53. The van der Waals surface area contributed by atoms with Gasteiger partial charge < -0.3 is 5.11 Å². The molecule has 1 heteroatoms. The zero-order chi connectivity index (χ0) is 9.80. The topological polar surface area (TPSA) is 20.2 Å². The molecule has 1 fully saturated rings. The van der Waals surface area contributed by atoms with Crippen LogP contribution in [0, 0.1) is 5.92 Å². The lowest BCUT2D eigenvalue weighted by atomic mass is 10.0. The monoisotopic (exact) mass is 188 g/mol. The molecule has 0 amide bonds. The summed E-state index contributed by atoms with van der Waals surface area (Å²) in [4.78, 5) is 0. The third-order valence-corrected chi connectivity index (χ3v) is 2.91. The molecule has 0 heterocycles. The quantitative estimate of drug-likeness (QED) is 0.756. The van der Waals surface area contributed by atoms with E-state index < -0.39 is 0 Å². The molecule has 0 aromatic heterocycles. The molecule has 1 aromatic carbocycles. The number of benzene rings is 1. The maximum Gasteiger partial charge on any atom is 0.0496 e. The Morgan fingerprint density at radius 3 is 2.79 bits per heavy atom. The van der Waals surface area contributed by atoms with Gasteiger partial charge in [-0.05, 0) is 24.8 Å². The Morgan fingerprint density at radius 1 is 1.29 bits per heavy atom. The van der Waals surface area contributed by atoms with E-state index in [1.807, 2.05) is 6.07 Å². The van der Waals surface area contributed by atoms with Crippen LogP contribution >= 0.6 is 0 Å². The number of hydrogen-bond donors (Lipinski definition) is 1. The number of hydrogen-bond acceptors (Lipinski definition) is 1. The van der Waals surface area contributed by atoms with Gasteiger partial charge in [-0.25, -0.2) is 0 Å². The number of aliphatic hydroxyl groups excluding tert-OH is 1. The van der Waals surface area contributed by atoms with E-state index >= 15 is 0 Å². The van der Waals surface area contributed by atoms with Crippen molar-refractivity contribution in [3.63, 3.8) is 0 Å². The summed E-state index contributed by atoms with van der Waals surface area (Å²) in [5, 5.41) is 9.17. The van der Waals surface area contributed by atoms with E-state index in [9.17, 15) is 5.11 Å². The summed E-state index contributed by atoms with van der Waals surface area (Å²) >= 11 is 0. The van der Waals surface area contributed by atoms with E-state index in [2.05, 4.69) is 30.3 Å². The van der Waals surface area contributed by atoms with E-state index in [4.69, 9.17) is 0 Å². The molecule has 1 N–H and O–H groups in total. The van der Waals surface area contributed by atoms with Crippen molar-refractivity contribution < 1.29 is 5.11 Å². The first-order valence-corrected chi connectivity index (χ1v) is 5.26. The van der Waals surface area contributed by atoms with Crippen LogP contribution in [0.15, 0.2) is 35.9 Å². The summed E-state index contributed by atoms with van der Waals surface area (Å²) in [6, 6.07) is 10.4. The molecule has 1 atom stereocenters. The van der Waals surface area contributed by atoms with Gasteiger partial charge in [0.15, 0.2) is 0 Å². The molecule has 1 aromatic rings. The summed E-state index contributed by atoms with van der Waals surface area (Å²) < 4.78 is 0. The fourth-order valence-electron chi connectivity index (χ4n) is 2.10. The first-order chi connectivity index (χ1) is 6.90. The second kappa shape index (κ2) is 4.43. The largest absolute Gasteiger partial charge is 0.396 e. The zero-order valence-corrected chi connectivity index (χ0v) is 8.32. The second-order valence-corrected chi connectivity index (χ2v) is 3.90. The molecule has 2 rings (SSSR count). The van der Waals surface area contributed by atoms with Gasteiger partial charge in [-0.1, -0.05) is 42.0 Å². The first-order valence-electron chi connectivity index (χ1n) is 5.26. The molecular weight excluding hydrogens is 172 g/mol. The molecule has 14 heavy (non-hydrogen) atoms. The zero-order valence-electron chi connectivity index (χ0n) is 8.32. The molecule has 1 saturated carbocycles. The van der Waals surface area contributed by atoms with Crippen molar-refractivity contribution in [2.24, 2.45) is 5.92 Å². The highest BCUT2D eigenvalue weighted by Gasteiger charge is 2.19. The Labute approximate surface area is 85.1 Å². The van der Waals surface area contributed by atoms with Crippen molar-refractivity contribution in [2.75, 3.05) is 6.61 Å². The smallest absolute Gasteiger partial charge is 0.0496 e. The normalized spacial score (nSPS) is 24.4. The van der Waals surface area contributed by atoms with Gasteiger partial charge in [-0.3, -0.25) is 0 Å². The molecular formula is C13H16O. The predicted octanol–water partition coefficient (Wildman–Crippen LogP) is 2.86. The average Bonchev–Trinajstić information content (AvgIpc) is 2.67. The van der Waals surface area contributed by atoms with Gasteiger partial charge in [-0.15, -0.1) is 0 Å². The third kappa shape index (κ3) is 2.05. The van der Waals surface area contributed by atoms with E-state index in [1.165, 1.54) is 17.6 Å². The molecule has 1 aliphatic rings. The maximum absolute atomic E-state index is 9.17. The second-order valence-electron chi connectivity index (χ2n) is 3.90. The van der Waals surface area contributed by atoms with Crippen molar-refractivity contribution in [1.29, 1.82) is 0 Å². The number of rotatable bonds is 2. The van der Waals surface area contributed by atoms with Crippen LogP contribution in [-0.2, 0) is 0 Å². The Hall–Kier alpha value is -1.08. The van der Waals surface area contributed by atoms with E-state index in [1.54, 1.807) is 0 Å². The van der Waals surface area contributed by atoms with Crippen LogP contribution in [0.3, 0.4) is 0 Å². The first kappa shape index (κ1) is 9.47. The van der Waals surface area contributed by atoms with E-state index in [0.717, 1.165) is 12.8 Å². The van der Waals surface area contributed by atoms with Crippen LogP contribution in [-0.4, -0.2) is 11.7 Å². The fourth-order valence-corrected chi connectivity index (χ4v) is 2.10. The molecule has 1 nitrogen and oxygen atoms in total. The van der Waals surface area contributed by atoms with Crippen LogP contribution in [0.1, 0.15) is 24.8 Å². The molecule has 0 spiro atoms. The van der Waals surface area contributed by atoms with Crippen LogP contribution in [0.5, 0.6) is 0 Å². The molecule has 0 bridgehead atoms. The molecule has 0 saturated heterocycles. The van der Waals surface area contributed by atoms with Crippen LogP contribution < -0.4 is 0 Å². The van der Waals surface area contributed by atoms with Gasteiger partial charge in [-0.2, -0.15) is 0 Å².